The first kappa shape index (κ1) is 11.8. The molecular weight excluding hydrogens is 275 g/mol. The summed E-state index contributed by atoms with van der Waals surface area (Å²) in [5.41, 5.74) is 0.506. The minimum atomic E-state index is -4.46. The number of hydrogen-bond donors (Lipinski definition) is 2. The van der Waals surface area contributed by atoms with Crippen molar-refractivity contribution >= 4 is 21.2 Å². The molecule has 0 unspecified atom stereocenters. The first-order valence-electron chi connectivity index (χ1n) is 5.12. The van der Waals surface area contributed by atoms with Crippen LogP contribution in [-0.2, 0) is 10.1 Å². The number of aromatic amines is 1. The molecule has 98 valence electrons. The van der Waals surface area contributed by atoms with Crippen LogP contribution in [0.1, 0.15) is 0 Å². The van der Waals surface area contributed by atoms with Gasteiger partial charge in [0.2, 0.25) is 0 Å². The summed E-state index contributed by atoms with van der Waals surface area (Å²) in [5.74, 6) is -0.596. The number of nitrogens with zero attached hydrogens (tertiary/aromatic N) is 3. The Labute approximate surface area is 106 Å². The van der Waals surface area contributed by atoms with Crippen molar-refractivity contribution in [3.63, 3.8) is 0 Å². The summed E-state index contributed by atoms with van der Waals surface area (Å²) >= 11 is 0. The summed E-state index contributed by atoms with van der Waals surface area (Å²) in [6.07, 6.45) is 3.03. The van der Waals surface area contributed by atoms with Gasteiger partial charge in [0.1, 0.15) is 5.69 Å². The monoisotopic (exact) mass is 282 g/mol. The van der Waals surface area contributed by atoms with Crippen molar-refractivity contribution in [1.82, 2.24) is 19.7 Å². The lowest BCUT2D eigenvalue weighted by Crippen LogP contribution is -1.99. The number of imidazole rings is 1. The van der Waals surface area contributed by atoms with E-state index >= 15 is 0 Å². The fraction of sp³-hybridized carbons (Fsp3) is 0. The minimum Gasteiger partial charge on any atom is -0.327 e. The standard InChI is InChI=1S/C10H7FN4O3S/c11-6-4-7-8(14-10(13-7)19(16,17)18)5-9(6)15-3-1-2-12-15/h1-5H,(H,13,14)(H,16,17,18). The maximum Gasteiger partial charge on any atom is 0.328 e. The van der Waals surface area contributed by atoms with Crippen molar-refractivity contribution in [3.8, 4) is 5.69 Å². The average molecular weight is 282 g/mol. The lowest BCUT2D eigenvalue weighted by Gasteiger charge is -2.02. The predicted molar refractivity (Wildman–Crippen MR) is 63.0 cm³/mol. The van der Waals surface area contributed by atoms with E-state index in [1.54, 1.807) is 12.3 Å². The fourth-order valence-electron chi connectivity index (χ4n) is 1.71. The van der Waals surface area contributed by atoms with E-state index in [-0.39, 0.29) is 16.7 Å². The van der Waals surface area contributed by atoms with Gasteiger partial charge in [0.25, 0.3) is 5.16 Å². The summed E-state index contributed by atoms with van der Waals surface area (Å²) in [7, 11) is -4.46. The van der Waals surface area contributed by atoms with E-state index in [4.69, 9.17) is 4.55 Å². The molecule has 0 saturated heterocycles. The van der Waals surface area contributed by atoms with Crippen LogP contribution in [0.3, 0.4) is 0 Å². The van der Waals surface area contributed by atoms with E-state index in [0.29, 0.717) is 0 Å². The number of rotatable bonds is 2. The molecule has 0 radical (unpaired) electrons. The summed E-state index contributed by atoms with van der Waals surface area (Å²) in [5, 5.41) is 3.26. The molecule has 0 aliphatic rings. The quantitative estimate of drug-likeness (QED) is 0.686. The Balaban J connectivity index is 2.26. The molecule has 1 aromatic carbocycles. The number of hydrogen-bond acceptors (Lipinski definition) is 4. The zero-order chi connectivity index (χ0) is 13.6. The molecule has 0 spiro atoms. The highest BCUT2D eigenvalue weighted by Crippen LogP contribution is 2.21. The van der Waals surface area contributed by atoms with Gasteiger partial charge >= 0.3 is 10.1 Å². The normalized spacial score (nSPS) is 12.1. The van der Waals surface area contributed by atoms with Gasteiger partial charge in [-0.15, -0.1) is 0 Å². The highest BCUT2D eigenvalue weighted by molar-refractivity contribution is 7.85. The van der Waals surface area contributed by atoms with Gasteiger partial charge in [0.15, 0.2) is 5.82 Å². The topological polar surface area (TPSA) is 101 Å². The van der Waals surface area contributed by atoms with Gasteiger partial charge in [0.05, 0.1) is 11.0 Å². The highest BCUT2D eigenvalue weighted by Gasteiger charge is 2.17. The number of halogens is 1. The van der Waals surface area contributed by atoms with Gasteiger partial charge in [-0.05, 0) is 12.1 Å². The molecule has 0 saturated carbocycles. The smallest absolute Gasteiger partial charge is 0.327 e. The van der Waals surface area contributed by atoms with Crippen molar-refractivity contribution in [3.05, 3.63) is 36.4 Å². The third kappa shape index (κ3) is 1.98. The van der Waals surface area contributed by atoms with Gasteiger partial charge in [-0.3, -0.25) is 4.55 Å². The maximum atomic E-state index is 13.9. The Kier molecular flexibility index (Phi) is 2.40. The van der Waals surface area contributed by atoms with Gasteiger partial charge in [-0.25, -0.2) is 14.1 Å². The number of H-pyrrole nitrogens is 1. The molecule has 0 bridgehead atoms. The predicted octanol–water partition coefficient (Wildman–Crippen LogP) is 1.13. The van der Waals surface area contributed by atoms with Crippen LogP contribution in [0.2, 0.25) is 0 Å². The van der Waals surface area contributed by atoms with Crippen molar-refractivity contribution in [1.29, 1.82) is 0 Å². The SMILES string of the molecule is O=S(=O)(O)c1nc2cc(-n3cccn3)c(F)cc2[nH]1. The van der Waals surface area contributed by atoms with Crippen LogP contribution in [0.15, 0.2) is 35.7 Å². The van der Waals surface area contributed by atoms with Crippen LogP contribution in [0.25, 0.3) is 16.7 Å². The van der Waals surface area contributed by atoms with E-state index in [1.165, 1.54) is 16.9 Å². The Morgan fingerprint density at radius 2 is 2.16 bits per heavy atom. The fourth-order valence-corrected chi connectivity index (χ4v) is 2.16. The first-order chi connectivity index (χ1) is 8.95. The summed E-state index contributed by atoms with van der Waals surface area (Å²) in [4.78, 5) is 6.02. The minimum absolute atomic E-state index is 0.130. The van der Waals surface area contributed by atoms with E-state index < -0.39 is 21.1 Å². The van der Waals surface area contributed by atoms with E-state index in [2.05, 4.69) is 15.1 Å². The van der Waals surface area contributed by atoms with Crippen molar-refractivity contribution < 1.29 is 17.4 Å². The lowest BCUT2D eigenvalue weighted by atomic mass is 10.2. The molecule has 0 aliphatic heterocycles. The second-order valence-corrected chi connectivity index (χ2v) is 5.13. The van der Waals surface area contributed by atoms with Crippen LogP contribution in [0, 0.1) is 5.82 Å². The summed E-state index contributed by atoms with van der Waals surface area (Å²) in [6.45, 7) is 0. The first-order valence-corrected chi connectivity index (χ1v) is 6.56. The van der Waals surface area contributed by atoms with Crippen LogP contribution < -0.4 is 0 Å². The third-order valence-corrected chi connectivity index (χ3v) is 3.21. The molecule has 0 fully saturated rings. The Morgan fingerprint density at radius 1 is 1.37 bits per heavy atom. The van der Waals surface area contributed by atoms with Crippen LogP contribution in [0.4, 0.5) is 4.39 Å². The largest absolute Gasteiger partial charge is 0.328 e. The van der Waals surface area contributed by atoms with E-state index in [1.807, 2.05) is 0 Å². The molecule has 0 aliphatic carbocycles. The van der Waals surface area contributed by atoms with Crippen molar-refractivity contribution in [2.24, 2.45) is 0 Å². The summed E-state index contributed by atoms with van der Waals surface area (Å²) in [6, 6.07) is 4.05. The summed E-state index contributed by atoms with van der Waals surface area (Å²) < 4.78 is 45.9. The lowest BCUT2D eigenvalue weighted by molar-refractivity contribution is 0.476. The Bertz CT molecular complexity index is 854. The molecule has 19 heavy (non-hydrogen) atoms. The van der Waals surface area contributed by atoms with Crippen LogP contribution in [-0.4, -0.2) is 32.7 Å². The van der Waals surface area contributed by atoms with E-state index in [0.717, 1.165) is 6.07 Å². The van der Waals surface area contributed by atoms with Crippen molar-refractivity contribution in [2.45, 2.75) is 5.16 Å². The number of nitrogens with one attached hydrogen (secondary N) is 1. The van der Waals surface area contributed by atoms with E-state index in [9.17, 15) is 12.8 Å². The van der Waals surface area contributed by atoms with Gasteiger partial charge in [-0.1, -0.05) is 0 Å². The highest BCUT2D eigenvalue weighted by atomic mass is 32.2. The molecule has 0 atom stereocenters. The molecule has 9 heteroatoms. The molecule has 2 aromatic heterocycles. The zero-order valence-electron chi connectivity index (χ0n) is 9.28. The Morgan fingerprint density at radius 3 is 2.79 bits per heavy atom. The molecule has 7 nitrogen and oxygen atoms in total. The van der Waals surface area contributed by atoms with Gasteiger partial charge in [-0.2, -0.15) is 13.5 Å². The molecule has 2 heterocycles. The molecule has 0 amide bonds. The maximum absolute atomic E-state index is 13.9. The van der Waals surface area contributed by atoms with Crippen LogP contribution >= 0.6 is 0 Å². The molecule has 2 N–H and O–H groups in total. The van der Waals surface area contributed by atoms with Crippen LogP contribution in [0.5, 0.6) is 0 Å². The van der Waals surface area contributed by atoms with Gasteiger partial charge in [0, 0.05) is 18.5 Å². The number of benzene rings is 1. The number of fused-ring (bicyclic) bond motifs is 1. The average Bonchev–Trinajstić information content (AvgIpc) is 2.94. The molecule has 3 aromatic rings. The number of aromatic nitrogens is 4. The Hall–Kier alpha value is -2.26. The third-order valence-electron chi connectivity index (χ3n) is 2.52. The zero-order valence-corrected chi connectivity index (χ0v) is 10.1. The van der Waals surface area contributed by atoms with Crippen molar-refractivity contribution in [2.75, 3.05) is 0 Å². The molecular formula is C10H7FN4O3S. The second-order valence-electron chi connectivity index (χ2n) is 3.79. The van der Waals surface area contributed by atoms with Gasteiger partial charge < -0.3 is 4.98 Å². The molecule has 3 rings (SSSR count). The second kappa shape index (κ2) is 3.87.